The highest BCUT2D eigenvalue weighted by atomic mass is 19.3. The van der Waals surface area contributed by atoms with E-state index in [0.29, 0.717) is 11.5 Å². The van der Waals surface area contributed by atoms with Gasteiger partial charge in [-0.25, -0.2) is 4.39 Å². The Labute approximate surface area is 140 Å². The Balaban J connectivity index is 1.83. The van der Waals surface area contributed by atoms with Crippen molar-refractivity contribution in [3.63, 3.8) is 0 Å². The standard InChI is InChI=1S/C19H22F3NO/c1-2-3-14-4-6-15(7-5-14)11-19(21,22)24-13-16-8-9-17(12-23)18(20)10-16/h2-3,8-10,14-15H,4-7,11,13H2,1H3. The minimum atomic E-state index is -3.22. The molecule has 1 fully saturated rings. The van der Waals surface area contributed by atoms with Crippen LogP contribution < -0.4 is 0 Å². The molecule has 0 atom stereocenters. The van der Waals surface area contributed by atoms with Gasteiger partial charge in [0.25, 0.3) is 0 Å². The maximum Gasteiger partial charge on any atom is 0.356 e. The maximum absolute atomic E-state index is 14.0. The zero-order valence-corrected chi connectivity index (χ0v) is 13.8. The van der Waals surface area contributed by atoms with Gasteiger partial charge in [-0.15, -0.1) is 0 Å². The SMILES string of the molecule is CC=CC1CCC(CC(F)(F)OCc2ccc(C#N)c(F)c2)CC1. The number of nitrogens with zero attached hydrogens (tertiary/aromatic N) is 1. The lowest BCUT2D eigenvalue weighted by atomic mass is 9.80. The molecule has 1 aliphatic rings. The second kappa shape index (κ2) is 8.34. The van der Waals surface area contributed by atoms with Crippen molar-refractivity contribution in [2.24, 2.45) is 11.8 Å². The van der Waals surface area contributed by atoms with Gasteiger partial charge in [0.2, 0.25) is 0 Å². The molecule has 0 unspecified atom stereocenters. The summed E-state index contributed by atoms with van der Waals surface area (Å²) in [6.07, 6.45) is 4.07. The van der Waals surface area contributed by atoms with Crippen molar-refractivity contribution in [2.45, 2.75) is 51.7 Å². The van der Waals surface area contributed by atoms with E-state index < -0.39 is 11.9 Å². The first-order valence-corrected chi connectivity index (χ1v) is 8.26. The van der Waals surface area contributed by atoms with Crippen LogP contribution in [0.2, 0.25) is 0 Å². The van der Waals surface area contributed by atoms with E-state index in [4.69, 9.17) is 10.00 Å². The van der Waals surface area contributed by atoms with Crippen LogP contribution in [0.15, 0.2) is 30.4 Å². The average Bonchev–Trinajstić information content (AvgIpc) is 2.55. The molecule has 1 aliphatic carbocycles. The second-order valence-electron chi connectivity index (χ2n) is 6.36. The van der Waals surface area contributed by atoms with Crippen LogP contribution in [0.5, 0.6) is 0 Å². The summed E-state index contributed by atoms with van der Waals surface area (Å²) in [5.74, 6) is -0.258. The van der Waals surface area contributed by atoms with Crippen LogP contribution in [0.1, 0.15) is 50.2 Å². The molecule has 24 heavy (non-hydrogen) atoms. The van der Waals surface area contributed by atoms with Crippen molar-refractivity contribution in [3.8, 4) is 6.07 Å². The third-order valence-corrected chi connectivity index (χ3v) is 4.49. The molecule has 0 radical (unpaired) electrons. The predicted molar refractivity (Wildman–Crippen MR) is 85.7 cm³/mol. The third-order valence-electron chi connectivity index (χ3n) is 4.49. The van der Waals surface area contributed by atoms with Gasteiger partial charge < -0.3 is 4.74 Å². The van der Waals surface area contributed by atoms with Crippen molar-refractivity contribution >= 4 is 0 Å². The van der Waals surface area contributed by atoms with E-state index in [1.807, 2.05) is 13.0 Å². The molecule has 0 aliphatic heterocycles. The van der Waals surface area contributed by atoms with Gasteiger partial charge in [0.15, 0.2) is 0 Å². The summed E-state index contributed by atoms with van der Waals surface area (Å²) in [5.41, 5.74) is 0.186. The molecular formula is C19H22F3NO. The number of alkyl halides is 2. The summed E-state index contributed by atoms with van der Waals surface area (Å²) in [6, 6.07) is 5.46. The molecule has 1 aromatic carbocycles. The van der Waals surface area contributed by atoms with Gasteiger partial charge in [0, 0.05) is 6.42 Å². The molecule has 5 heteroatoms. The highest BCUT2D eigenvalue weighted by Crippen LogP contribution is 2.37. The van der Waals surface area contributed by atoms with Crippen molar-refractivity contribution in [1.29, 1.82) is 5.26 Å². The largest absolute Gasteiger partial charge is 0.356 e. The lowest BCUT2D eigenvalue weighted by Crippen LogP contribution is -2.26. The molecule has 1 saturated carbocycles. The van der Waals surface area contributed by atoms with Crippen LogP contribution in [0.25, 0.3) is 0 Å². The smallest absolute Gasteiger partial charge is 0.316 e. The van der Waals surface area contributed by atoms with Gasteiger partial charge in [-0.3, -0.25) is 0 Å². The molecule has 0 N–H and O–H groups in total. The molecule has 0 saturated heterocycles. The zero-order valence-electron chi connectivity index (χ0n) is 13.8. The fraction of sp³-hybridized carbons (Fsp3) is 0.526. The Morgan fingerprint density at radius 3 is 2.58 bits per heavy atom. The zero-order chi connectivity index (χ0) is 17.6. The van der Waals surface area contributed by atoms with Crippen LogP contribution in [0, 0.1) is 29.0 Å². The highest BCUT2D eigenvalue weighted by Gasteiger charge is 2.35. The molecule has 1 aromatic rings. The van der Waals surface area contributed by atoms with Gasteiger partial charge in [-0.2, -0.15) is 14.0 Å². The first-order valence-electron chi connectivity index (χ1n) is 8.26. The lowest BCUT2D eigenvalue weighted by molar-refractivity contribution is -0.256. The van der Waals surface area contributed by atoms with Gasteiger partial charge in [-0.1, -0.05) is 18.2 Å². The molecule has 0 heterocycles. The van der Waals surface area contributed by atoms with Crippen molar-refractivity contribution in [2.75, 3.05) is 0 Å². The topological polar surface area (TPSA) is 33.0 Å². The molecule has 0 amide bonds. The van der Waals surface area contributed by atoms with E-state index in [2.05, 4.69) is 6.08 Å². The minimum Gasteiger partial charge on any atom is -0.316 e. The molecule has 0 aromatic heterocycles. The molecule has 2 rings (SSSR count). The van der Waals surface area contributed by atoms with E-state index in [1.54, 1.807) is 6.07 Å². The van der Waals surface area contributed by atoms with Crippen molar-refractivity contribution in [1.82, 2.24) is 0 Å². The minimum absolute atomic E-state index is 0.0424. The van der Waals surface area contributed by atoms with E-state index in [0.717, 1.165) is 31.7 Å². The quantitative estimate of drug-likeness (QED) is 0.635. The van der Waals surface area contributed by atoms with E-state index in [9.17, 15) is 13.2 Å². The molecule has 130 valence electrons. The van der Waals surface area contributed by atoms with Crippen LogP contribution in [0.4, 0.5) is 13.2 Å². The number of halogens is 3. The Morgan fingerprint density at radius 1 is 1.29 bits per heavy atom. The number of allylic oxidation sites excluding steroid dienone is 2. The summed E-state index contributed by atoms with van der Waals surface area (Å²) in [7, 11) is 0. The van der Waals surface area contributed by atoms with Crippen LogP contribution in [-0.4, -0.2) is 6.11 Å². The van der Waals surface area contributed by atoms with Crippen LogP contribution >= 0.6 is 0 Å². The Morgan fingerprint density at radius 2 is 2.00 bits per heavy atom. The normalized spacial score (nSPS) is 21.8. The summed E-state index contributed by atoms with van der Waals surface area (Å²) < 4.78 is 46.2. The number of nitriles is 1. The molecule has 2 nitrogen and oxygen atoms in total. The number of ether oxygens (including phenoxy) is 1. The number of hydrogen-bond acceptors (Lipinski definition) is 2. The number of benzene rings is 1. The third kappa shape index (κ3) is 5.38. The Hall–Kier alpha value is -1.80. The van der Waals surface area contributed by atoms with Gasteiger partial charge >= 0.3 is 6.11 Å². The maximum atomic E-state index is 14.0. The number of hydrogen-bond donors (Lipinski definition) is 0. The summed E-state index contributed by atoms with van der Waals surface area (Å²) >= 11 is 0. The predicted octanol–water partition coefficient (Wildman–Crippen LogP) is 5.58. The van der Waals surface area contributed by atoms with E-state index >= 15 is 0 Å². The summed E-state index contributed by atoms with van der Waals surface area (Å²) in [4.78, 5) is 0. The Bertz CT molecular complexity index is 614. The summed E-state index contributed by atoms with van der Waals surface area (Å²) in [6.45, 7) is 1.60. The monoisotopic (exact) mass is 337 g/mol. The second-order valence-corrected chi connectivity index (χ2v) is 6.36. The molecule has 0 spiro atoms. The van der Waals surface area contributed by atoms with Gasteiger partial charge in [-0.05, 0) is 62.1 Å². The first kappa shape index (κ1) is 18.5. The first-order chi connectivity index (χ1) is 11.4. The fourth-order valence-corrected chi connectivity index (χ4v) is 3.18. The van der Waals surface area contributed by atoms with Crippen molar-refractivity contribution in [3.05, 3.63) is 47.3 Å². The van der Waals surface area contributed by atoms with E-state index in [-0.39, 0.29) is 24.5 Å². The summed E-state index contributed by atoms with van der Waals surface area (Å²) in [5, 5.41) is 8.66. The highest BCUT2D eigenvalue weighted by molar-refractivity contribution is 5.33. The lowest BCUT2D eigenvalue weighted by Gasteiger charge is -2.29. The number of rotatable bonds is 6. The van der Waals surface area contributed by atoms with E-state index in [1.165, 1.54) is 12.1 Å². The average molecular weight is 337 g/mol. The molecular weight excluding hydrogens is 315 g/mol. The molecule has 0 bridgehead atoms. The Kier molecular flexibility index (Phi) is 6.44. The van der Waals surface area contributed by atoms with Crippen LogP contribution in [-0.2, 0) is 11.3 Å². The van der Waals surface area contributed by atoms with Crippen molar-refractivity contribution < 1.29 is 17.9 Å². The van der Waals surface area contributed by atoms with Gasteiger partial charge in [0.1, 0.15) is 11.9 Å². The fourth-order valence-electron chi connectivity index (χ4n) is 3.18. The van der Waals surface area contributed by atoms with Crippen LogP contribution in [0.3, 0.4) is 0 Å². The van der Waals surface area contributed by atoms with Gasteiger partial charge in [0.05, 0.1) is 12.2 Å².